The van der Waals surface area contributed by atoms with Crippen molar-refractivity contribution < 1.29 is 24.2 Å². The minimum absolute atomic E-state index is 0.0136. The molecule has 1 unspecified atom stereocenters. The van der Waals surface area contributed by atoms with Crippen molar-refractivity contribution in [2.45, 2.75) is 96.8 Å². The van der Waals surface area contributed by atoms with E-state index in [2.05, 4.69) is 20.6 Å². The molecule has 6 rings (SSSR count). The first-order valence-electron chi connectivity index (χ1n) is 15.9. The van der Waals surface area contributed by atoms with Crippen LogP contribution in [-0.4, -0.2) is 59.9 Å². The molecule has 2 aromatic heterocycles. The largest absolute Gasteiger partial charge is 0.388 e. The van der Waals surface area contributed by atoms with Gasteiger partial charge in [0.05, 0.1) is 24.0 Å². The number of hydrogen-bond acceptors (Lipinski definition) is 9. The van der Waals surface area contributed by atoms with E-state index in [1.165, 1.54) is 6.07 Å². The Morgan fingerprint density at radius 1 is 1.13 bits per heavy atom. The fraction of sp³-hybridized carbons (Fsp3) is 0.471. The van der Waals surface area contributed by atoms with E-state index in [1.807, 2.05) is 44.2 Å². The summed E-state index contributed by atoms with van der Waals surface area (Å²) < 4.78 is 25.4. The van der Waals surface area contributed by atoms with Crippen molar-refractivity contribution in [1.29, 1.82) is 0 Å². The summed E-state index contributed by atoms with van der Waals surface area (Å²) in [5.41, 5.74) is 5.21. The van der Waals surface area contributed by atoms with Gasteiger partial charge in [0.2, 0.25) is 5.78 Å². The van der Waals surface area contributed by atoms with Crippen LogP contribution in [0.3, 0.4) is 0 Å². The summed E-state index contributed by atoms with van der Waals surface area (Å²) in [6.45, 7) is 7.56. The van der Waals surface area contributed by atoms with E-state index in [0.717, 1.165) is 37.8 Å². The van der Waals surface area contributed by atoms with Crippen molar-refractivity contribution in [2.24, 2.45) is 4.99 Å². The molecule has 0 bridgehead atoms. The molecule has 4 aromatic rings. The highest BCUT2D eigenvalue weighted by Gasteiger charge is 2.30. The highest BCUT2D eigenvalue weighted by molar-refractivity contribution is 6.04. The molecule has 3 N–H and O–H groups in total. The number of benzene rings is 2. The predicted molar refractivity (Wildman–Crippen MR) is 171 cm³/mol. The molecule has 0 amide bonds. The van der Waals surface area contributed by atoms with Crippen molar-refractivity contribution in [3.8, 4) is 11.1 Å². The number of aryl methyl sites for hydroxylation is 2. The second-order valence-corrected chi connectivity index (χ2v) is 12.8. The van der Waals surface area contributed by atoms with Crippen LogP contribution in [0.2, 0.25) is 0 Å². The SMILES string of the molecule is CCCc1c(Cc2ccc(-c3ccccc3C3=NC(O)ON3)cc2F)c(=O)n(C2CCC(OCC(C)(C)O)CC2)c2nc(C)nn12. The number of halogens is 1. The van der Waals surface area contributed by atoms with E-state index in [0.29, 0.717) is 51.7 Å². The maximum absolute atomic E-state index is 15.9. The van der Waals surface area contributed by atoms with Gasteiger partial charge in [-0.05, 0) is 75.6 Å². The van der Waals surface area contributed by atoms with Gasteiger partial charge in [0, 0.05) is 23.6 Å². The minimum atomic E-state index is -1.31. The third-order valence-electron chi connectivity index (χ3n) is 8.57. The average molecular weight is 633 g/mol. The summed E-state index contributed by atoms with van der Waals surface area (Å²) in [5, 5.41) is 24.4. The molecule has 12 heteroatoms. The fourth-order valence-electron chi connectivity index (χ4n) is 6.41. The summed E-state index contributed by atoms with van der Waals surface area (Å²) in [6, 6.07) is 12.3. The first-order chi connectivity index (χ1) is 22.0. The Bertz CT molecular complexity index is 1820. The number of aliphatic imine (C=N–C) groups is 1. The van der Waals surface area contributed by atoms with Gasteiger partial charge in [-0.2, -0.15) is 10.1 Å². The molecule has 0 radical (unpaired) electrons. The van der Waals surface area contributed by atoms with E-state index in [9.17, 15) is 15.0 Å². The molecule has 3 heterocycles. The topological polar surface area (TPSA) is 136 Å². The Hall–Kier alpha value is -3.97. The molecule has 46 heavy (non-hydrogen) atoms. The van der Waals surface area contributed by atoms with Crippen LogP contribution < -0.4 is 11.0 Å². The highest BCUT2D eigenvalue weighted by atomic mass is 19.1. The quantitative estimate of drug-likeness (QED) is 0.235. The normalized spacial score (nSPS) is 20.2. The smallest absolute Gasteiger partial charge is 0.280 e. The molecule has 244 valence electrons. The standard InChI is InChI=1S/C34H41FN6O5/c1-5-8-29-27(17-22-12-11-21(18-28(22)35)25-9-6-7-10-26(25)30-37-33(43)46-39-30)31(42)40(32-36-20(2)38-41(29)32)23-13-15-24(16-14-23)45-19-34(3,4)44/h6-7,9-12,18,23-24,33,43-44H,5,8,13-17,19H2,1-4H3,(H,37,39). The van der Waals surface area contributed by atoms with Gasteiger partial charge in [0.15, 0.2) is 5.84 Å². The van der Waals surface area contributed by atoms with Crippen molar-refractivity contribution in [3.63, 3.8) is 0 Å². The number of fused-ring (bicyclic) bond motifs is 1. The van der Waals surface area contributed by atoms with Gasteiger partial charge in [-0.15, -0.1) is 0 Å². The van der Waals surface area contributed by atoms with E-state index in [-0.39, 0.29) is 30.7 Å². The van der Waals surface area contributed by atoms with Crippen LogP contribution in [0.15, 0.2) is 52.3 Å². The molecule has 0 saturated heterocycles. The summed E-state index contributed by atoms with van der Waals surface area (Å²) >= 11 is 0. The Kier molecular flexibility index (Phi) is 9.06. The lowest BCUT2D eigenvalue weighted by atomic mass is 9.92. The van der Waals surface area contributed by atoms with Gasteiger partial charge in [0.1, 0.15) is 11.6 Å². The molecule has 11 nitrogen and oxygen atoms in total. The maximum atomic E-state index is 15.9. The van der Waals surface area contributed by atoms with E-state index in [4.69, 9.17) is 9.57 Å². The third kappa shape index (κ3) is 6.61. The molecule has 1 aliphatic heterocycles. The van der Waals surface area contributed by atoms with Gasteiger partial charge >= 0.3 is 0 Å². The van der Waals surface area contributed by atoms with Crippen LogP contribution in [0.4, 0.5) is 4.39 Å². The number of hydrogen-bond donors (Lipinski definition) is 3. The zero-order valence-electron chi connectivity index (χ0n) is 26.7. The summed E-state index contributed by atoms with van der Waals surface area (Å²) in [6.07, 6.45) is 3.13. The van der Waals surface area contributed by atoms with Crippen LogP contribution in [-0.2, 0) is 22.4 Å². The van der Waals surface area contributed by atoms with Crippen molar-refractivity contribution in [1.82, 2.24) is 24.6 Å². The van der Waals surface area contributed by atoms with Crippen molar-refractivity contribution >= 4 is 11.6 Å². The number of amidine groups is 1. The molecule has 0 spiro atoms. The van der Waals surface area contributed by atoms with Gasteiger partial charge < -0.3 is 14.9 Å². The lowest BCUT2D eigenvalue weighted by molar-refractivity contribution is -0.102. The van der Waals surface area contributed by atoms with Crippen LogP contribution in [0.1, 0.15) is 87.1 Å². The van der Waals surface area contributed by atoms with Crippen LogP contribution >= 0.6 is 0 Å². The zero-order chi connectivity index (χ0) is 32.6. The predicted octanol–water partition coefficient (Wildman–Crippen LogP) is 4.38. The summed E-state index contributed by atoms with van der Waals surface area (Å²) in [7, 11) is 0. The first-order valence-corrected chi connectivity index (χ1v) is 15.9. The summed E-state index contributed by atoms with van der Waals surface area (Å²) in [4.78, 5) is 28.1. The fourth-order valence-corrected chi connectivity index (χ4v) is 6.41. The molecule has 1 aliphatic carbocycles. The molecule has 1 atom stereocenters. The van der Waals surface area contributed by atoms with E-state index in [1.54, 1.807) is 29.0 Å². The number of nitrogens with one attached hydrogen (secondary N) is 1. The molecular weight excluding hydrogens is 591 g/mol. The summed E-state index contributed by atoms with van der Waals surface area (Å²) in [5.74, 6) is 1.00. The number of nitrogens with zero attached hydrogens (tertiary/aromatic N) is 5. The number of hydroxylamine groups is 1. The van der Waals surface area contributed by atoms with Gasteiger partial charge in [-0.25, -0.2) is 24.2 Å². The average Bonchev–Trinajstić information content (AvgIpc) is 3.63. The monoisotopic (exact) mass is 632 g/mol. The highest BCUT2D eigenvalue weighted by Crippen LogP contribution is 2.32. The number of aromatic nitrogens is 4. The Labute approximate surface area is 266 Å². The number of aliphatic hydroxyl groups excluding tert-OH is 1. The molecule has 2 aromatic carbocycles. The Balaban J connectivity index is 1.34. The lowest BCUT2D eigenvalue weighted by Gasteiger charge is -2.32. The second kappa shape index (κ2) is 13.0. The molecule has 2 aliphatic rings. The first kappa shape index (κ1) is 32.0. The Morgan fingerprint density at radius 3 is 2.52 bits per heavy atom. The number of ether oxygens (including phenoxy) is 1. The molecule has 1 saturated carbocycles. The van der Waals surface area contributed by atoms with E-state index >= 15 is 4.39 Å². The van der Waals surface area contributed by atoms with E-state index < -0.39 is 17.8 Å². The molecule has 1 fully saturated rings. The zero-order valence-corrected chi connectivity index (χ0v) is 26.7. The number of rotatable bonds is 10. The maximum Gasteiger partial charge on any atom is 0.280 e. The van der Waals surface area contributed by atoms with Gasteiger partial charge in [0.25, 0.3) is 12.0 Å². The molecular formula is C34H41FN6O5. The van der Waals surface area contributed by atoms with Gasteiger partial charge in [-0.1, -0.05) is 49.7 Å². The lowest BCUT2D eigenvalue weighted by Crippen LogP contribution is -2.36. The van der Waals surface area contributed by atoms with Crippen LogP contribution in [0.25, 0.3) is 16.9 Å². The Morgan fingerprint density at radius 2 is 1.87 bits per heavy atom. The second-order valence-electron chi connectivity index (χ2n) is 12.8. The van der Waals surface area contributed by atoms with Crippen LogP contribution in [0.5, 0.6) is 0 Å². The third-order valence-corrected chi connectivity index (χ3v) is 8.57. The number of aliphatic hydroxyl groups is 2. The van der Waals surface area contributed by atoms with Crippen molar-refractivity contribution in [3.05, 3.63) is 86.8 Å². The van der Waals surface area contributed by atoms with Crippen molar-refractivity contribution in [2.75, 3.05) is 6.61 Å². The van der Waals surface area contributed by atoms with Crippen LogP contribution in [0, 0.1) is 12.7 Å². The minimum Gasteiger partial charge on any atom is -0.388 e. The van der Waals surface area contributed by atoms with Gasteiger partial charge in [-0.3, -0.25) is 9.36 Å².